The predicted octanol–water partition coefficient (Wildman–Crippen LogP) is 3.68. The molecule has 2 amide bonds. The lowest BCUT2D eigenvalue weighted by Gasteiger charge is -2.32. The summed E-state index contributed by atoms with van der Waals surface area (Å²) in [5, 5.41) is 2.06. The van der Waals surface area contributed by atoms with E-state index in [9.17, 15) is 35.9 Å². The highest BCUT2D eigenvalue weighted by Gasteiger charge is 2.66. The van der Waals surface area contributed by atoms with Gasteiger partial charge in [-0.3, -0.25) is 9.59 Å². The molecule has 13 heteroatoms. The number of primary amides is 1. The zero-order valence-electron chi connectivity index (χ0n) is 18.0. The fraction of sp³-hybridized carbons (Fsp3) is 0.381. The van der Waals surface area contributed by atoms with Crippen LogP contribution in [0.2, 0.25) is 0 Å². The number of carbonyl (C=O) groups is 2. The topological polar surface area (TPSA) is 104 Å². The van der Waals surface area contributed by atoms with Gasteiger partial charge in [-0.05, 0) is 19.1 Å². The van der Waals surface area contributed by atoms with Gasteiger partial charge in [0.1, 0.15) is 11.8 Å². The molecule has 1 fully saturated rings. The minimum absolute atomic E-state index is 0.255. The number of halogens is 6. The van der Waals surface area contributed by atoms with E-state index in [1.807, 2.05) is 0 Å². The first-order valence-electron chi connectivity index (χ1n) is 9.75. The summed E-state index contributed by atoms with van der Waals surface area (Å²) in [6.45, 7) is 1.84. The van der Waals surface area contributed by atoms with Crippen molar-refractivity contribution in [3.63, 3.8) is 0 Å². The Balaban J connectivity index is 2.10. The highest BCUT2D eigenvalue weighted by Crippen LogP contribution is 2.55. The predicted molar refractivity (Wildman–Crippen MR) is 105 cm³/mol. The number of nitrogens with one attached hydrogen (secondary N) is 1. The molecular weight excluding hydrogens is 472 g/mol. The van der Waals surface area contributed by atoms with Crippen LogP contribution in [0.15, 0.2) is 24.4 Å². The number of pyridine rings is 1. The summed E-state index contributed by atoms with van der Waals surface area (Å²) < 4.78 is 94.1. The smallest absolute Gasteiger partial charge is 0.417 e. The number of methoxy groups -OCH3 is 1. The van der Waals surface area contributed by atoms with E-state index >= 15 is 0 Å². The molecule has 1 saturated heterocycles. The molecule has 0 saturated carbocycles. The number of benzene rings is 1. The van der Waals surface area contributed by atoms with Crippen molar-refractivity contribution < 1.29 is 45.4 Å². The second-order valence-corrected chi connectivity index (χ2v) is 7.84. The molecule has 34 heavy (non-hydrogen) atoms. The standard InChI is InChI=1S/C21H19F6N3O4/c1-8-14(9-4-5-10(22)15(24)16(9)33-3)17(34-20(8,2)21(25,26)27)19(32)30-12-6-13(18(28)31)29-7-11(12)23/h4-8,14,17H,1-3H3,(H2,28,31)(H,29,30,32)/t8-,14+,17-,20+/m0/s1. The number of alkyl halides is 3. The summed E-state index contributed by atoms with van der Waals surface area (Å²) >= 11 is 0. The van der Waals surface area contributed by atoms with Crippen LogP contribution >= 0.6 is 0 Å². The number of aromatic nitrogens is 1. The number of nitrogens with two attached hydrogens (primary N) is 1. The number of ether oxygens (including phenoxy) is 2. The van der Waals surface area contributed by atoms with Gasteiger partial charge in [0.2, 0.25) is 5.82 Å². The number of hydrogen-bond acceptors (Lipinski definition) is 5. The summed E-state index contributed by atoms with van der Waals surface area (Å²) in [5.41, 5.74) is 0.923. The molecule has 7 nitrogen and oxygen atoms in total. The normalized spacial score (nSPS) is 24.7. The second-order valence-electron chi connectivity index (χ2n) is 7.84. The largest absolute Gasteiger partial charge is 0.493 e. The highest BCUT2D eigenvalue weighted by atomic mass is 19.4. The number of anilines is 1. The monoisotopic (exact) mass is 491 g/mol. The Morgan fingerprint density at radius 1 is 1.21 bits per heavy atom. The quantitative estimate of drug-likeness (QED) is 0.622. The van der Waals surface area contributed by atoms with Gasteiger partial charge in [0.15, 0.2) is 23.0 Å². The van der Waals surface area contributed by atoms with Crippen LogP contribution in [-0.2, 0) is 9.53 Å². The van der Waals surface area contributed by atoms with Crippen molar-refractivity contribution in [3.05, 3.63) is 53.1 Å². The van der Waals surface area contributed by atoms with E-state index in [0.29, 0.717) is 19.2 Å². The van der Waals surface area contributed by atoms with Crippen molar-refractivity contribution in [1.29, 1.82) is 0 Å². The first-order valence-corrected chi connectivity index (χ1v) is 9.75. The molecule has 0 bridgehead atoms. The molecule has 0 aliphatic carbocycles. The van der Waals surface area contributed by atoms with Gasteiger partial charge < -0.3 is 20.5 Å². The van der Waals surface area contributed by atoms with Gasteiger partial charge in [0.05, 0.1) is 19.0 Å². The van der Waals surface area contributed by atoms with E-state index in [2.05, 4.69) is 10.3 Å². The number of hydrogen-bond donors (Lipinski definition) is 2. The highest BCUT2D eigenvalue weighted by molar-refractivity contribution is 5.97. The van der Waals surface area contributed by atoms with Gasteiger partial charge in [-0.25, -0.2) is 13.8 Å². The molecule has 4 atom stereocenters. The lowest BCUT2D eigenvalue weighted by atomic mass is 9.77. The fourth-order valence-electron chi connectivity index (χ4n) is 3.91. The molecular formula is C21H19F6N3O4. The van der Waals surface area contributed by atoms with E-state index in [-0.39, 0.29) is 5.56 Å². The van der Waals surface area contributed by atoms with Gasteiger partial charge in [0, 0.05) is 17.4 Å². The van der Waals surface area contributed by atoms with Gasteiger partial charge >= 0.3 is 6.18 Å². The van der Waals surface area contributed by atoms with E-state index in [0.717, 1.165) is 26.2 Å². The zero-order valence-corrected chi connectivity index (χ0v) is 18.0. The molecule has 1 aliphatic heterocycles. The summed E-state index contributed by atoms with van der Waals surface area (Å²) in [5.74, 6) is -9.85. The average Bonchev–Trinajstić information content (AvgIpc) is 3.03. The Kier molecular flexibility index (Phi) is 6.53. The summed E-state index contributed by atoms with van der Waals surface area (Å²) in [4.78, 5) is 27.8. The molecule has 0 spiro atoms. The third-order valence-corrected chi connectivity index (χ3v) is 5.94. The molecule has 3 rings (SSSR count). The average molecular weight is 491 g/mol. The SMILES string of the molecule is COc1c([C@@H]2[C@@H](C(=O)Nc3cc(C(N)=O)ncc3F)O[C@@](C)(C(F)(F)F)[C@H]2C)ccc(F)c1F. The number of rotatable bonds is 5. The Morgan fingerprint density at radius 2 is 1.85 bits per heavy atom. The molecule has 0 unspecified atom stereocenters. The fourth-order valence-corrected chi connectivity index (χ4v) is 3.91. The molecule has 2 aromatic rings. The molecule has 2 heterocycles. The molecule has 184 valence electrons. The van der Waals surface area contributed by atoms with Gasteiger partial charge in [-0.2, -0.15) is 17.6 Å². The molecule has 1 aromatic heterocycles. The lowest BCUT2D eigenvalue weighted by Crippen LogP contribution is -2.47. The van der Waals surface area contributed by atoms with E-state index in [1.54, 1.807) is 0 Å². The summed E-state index contributed by atoms with van der Waals surface area (Å²) in [6.07, 6.45) is -6.32. The van der Waals surface area contributed by atoms with Crippen molar-refractivity contribution >= 4 is 17.5 Å². The number of carbonyl (C=O) groups excluding carboxylic acids is 2. The maximum absolute atomic E-state index is 14.4. The van der Waals surface area contributed by atoms with Crippen LogP contribution in [0.25, 0.3) is 0 Å². The molecule has 1 aromatic carbocycles. The van der Waals surface area contributed by atoms with E-state index < -0.39 is 76.1 Å². The van der Waals surface area contributed by atoms with Crippen LogP contribution in [0.5, 0.6) is 5.75 Å². The first-order chi connectivity index (χ1) is 15.7. The number of amides is 2. The summed E-state index contributed by atoms with van der Waals surface area (Å²) in [6, 6.07) is 2.46. The van der Waals surface area contributed by atoms with Gasteiger partial charge in [0.25, 0.3) is 11.8 Å². The summed E-state index contributed by atoms with van der Waals surface area (Å²) in [7, 11) is 0.984. The first kappa shape index (κ1) is 25.3. The van der Waals surface area contributed by atoms with Crippen LogP contribution in [0.3, 0.4) is 0 Å². The van der Waals surface area contributed by atoms with E-state index in [4.69, 9.17) is 15.2 Å². The van der Waals surface area contributed by atoms with Crippen LogP contribution in [-0.4, -0.2) is 41.8 Å². The molecule has 0 radical (unpaired) electrons. The zero-order chi connectivity index (χ0) is 25.6. The van der Waals surface area contributed by atoms with Crippen molar-refractivity contribution in [2.75, 3.05) is 12.4 Å². The van der Waals surface area contributed by atoms with Crippen molar-refractivity contribution in [2.24, 2.45) is 11.7 Å². The minimum atomic E-state index is -4.97. The van der Waals surface area contributed by atoms with Gasteiger partial charge in [-0.1, -0.05) is 13.0 Å². The Morgan fingerprint density at radius 3 is 2.41 bits per heavy atom. The third-order valence-electron chi connectivity index (χ3n) is 5.94. The van der Waals surface area contributed by atoms with Crippen molar-refractivity contribution in [2.45, 2.75) is 37.6 Å². The number of nitrogens with zero attached hydrogens (tertiary/aromatic N) is 1. The van der Waals surface area contributed by atoms with Gasteiger partial charge in [-0.15, -0.1) is 0 Å². The van der Waals surface area contributed by atoms with Crippen LogP contribution in [0, 0.1) is 23.4 Å². The Hall–Kier alpha value is -3.35. The van der Waals surface area contributed by atoms with Crippen molar-refractivity contribution in [3.8, 4) is 5.75 Å². The maximum Gasteiger partial charge on any atom is 0.417 e. The Labute approximate surface area is 189 Å². The Bertz CT molecular complexity index is 1140. The van der Waals surface area contributed by atoms with Crippen molar-refractivity contribution in [1.82, 2.24) is 4.98 Å². The maximum atomic E-state index is 14.4. The molecule has 3 N–H and O–H groups in total. The van der Waals surface area contributed by atoms with Crippen LogP contribution in [0.1, 0.15) is 35.8 Å². The lowest BCUT2D eigenvalue weighted by molar-refractivity contribution is -0.272. The van der Waals surface area contributed by atoms with Crippen LogP contribution in [0.4, 0.5) is 32.0 Å². The molecule has 1 aliphatic rings. The second kappa shape index (κ2) is 8.78. The van der Waals surface area contributed by atoms with E-state index in [1.165, 1.54) is 0 Å². The minimum Gasteiger partial charge on any atom is -0.493 e. The van der Waals surface area contributed by atoms with Crippen LogP contribution < -0.4 is 15.8 Å². The third kappa shape index (κ3) is 4.15.